The van der Waals surface area contributed by atoms with E-state index in [1.165, 1.54) is 12.1 Å². The molecule has 0 aromatic heterocycles. The van der Waals surface area contributed by atoms with Crippen molar-refractivity contribution in [3.8, 4) is 0 Å². The Morgan fingerprint density at radius 3 is 2.42 bits per heavy atom. The van der Waals surface area contributed by atoms with Crippen molar-refractivity contribution in [1.82, 2.24) is 4.31 Å². The van der Waals surface area contributed by atoms with Crippen LogP contribution in [0.25, 0.3) is 0 Å². The van der Waals surface area contributed by atoms with Crippen molar-refractivity contribution < 1.29 is 22.7 Å². The number of rotatable bonds is 7. The summed E-state index contributed by atoms with van der Waals surface area (Å²) in [5, 5.41) is 0. The maximum Gasteiger partial charge on any atom is 0.330 e. The van der Waals surface area contributed by atoms with Crippen LogP contribution in [0.4, 0.5) is 0 Å². The summed E-state index contributed by atoms with van der Waals surface area (Å²) in [5.41, 5.74) is 11.3. The number of nitrogens with zero attached hydrogens (tertiary/aromatic N) is 2. The predicted octanol–water partition coefficient (Wildman–Crippen LogP) is -0.263. The number of esters is 1. The molecule has 1 aliphatic rings. The van der Waals surface area contributed by atoms with Gasteiger partial charge in [0.25, 0.3) is 10.0 Å². The Bertz CT molecular complexity index is 816. The van der Waals surface area contributed by atoms with Gasteiger partial charge in [-0.3, -0.25) is 9.79 Å². The van der Waals surface area contributed by atoms with Gasteiger partial charge >= 0.3 is 5.97 Å². The number of aliphatic imine (C=N–C) groups is 1. The largest absolute Gasteiger partial charge is 0.467 e. The molecule has 0 radical (unpaired) electrons. The van der Waals surface area contributed by atoms with Crippen LogP contribution >= 0.6 is 0 Å². The molecule has 1 aliphatic heterocycles. The molecule has 1 saturated heterocycles. The van der Waals surface area contributed by atoms with Crippen molar-refractivity contribution in [3.05, 3.63) is 29.8 Å². The van der Waals surface area contributed by atoms with E-state index in [4.69, 9.17) is 16.2 Å². The second kappa shape index (κ2) is 7.73. The van der Waals surface area contributed by atoms with Crippen molar-refractivity contribution in [2.24, 2.45) is 22.4 Å². The van der Waals surface area contributed by atoms with E-state index in [-0.39, 0.29) is 23.8 Å². The molecule has 1 aromatic rings. The molecule has 1 aromatic carbocycles. The summed E-state index contributed by atoms with van der Waals surface area (Å²) in [4.78, 5) is 28.3. The molecule has 4 N–H and O–H groups in total. The van der Waals surface area contributed by atoms with E-state index in [9.17, 15) is 18.0 Å². The van der Waals surface area contributed by atoms with Gasteiger partial charge in [-0.2, -0.15) is 0 Å². The van der Waals surface area contributed by atoms with E-state index in [0.29, 0.717) is 10.7 Å². The standard InChI is InChI=1S/C16H22N4O5S/c1-10-5-7-11(8-6-10)26(23,24)20-13(15(22)25-2)12(14(20)21)4-3-9-19-16(17)18/h5-8,12-13H,3-4,9H2,1-2H3,(H4,17,18,19)/t12-,13+/m1/s1. The molecule has 1 amide bonds. The van der Waals surface area contributed by atoms with Crippen molar-refractivity contribution in [2.75, 3.05) is 13.7 Å². The average Bonchev–Trinajstić information content (AvgIpc) is 2.58. The lowest BCUT2D eigenvalue weighted by Gasteiger charge is -2.43. The number of sulfonamides is 1. The van der Waals surface area contributed by atoms with Gasteiger partial charge in [-0.05, 0) is 31.9 Å². The average molecular weight is 382 g/mol. The number of aryl methyl sites for hydroxylation is 1. The minimum absolute atomic E-state index is 0.0516. The third kappa shape index (κ3) is 3.79. The Morgan fingerprint density at radius 2 is 1.88 bits per heavy atom. The van der Waals surface area contributed by atoms with E-state index in [2.05, 4.69) is 4.99 Å². The zero-order valence-electron chi connectivity index (χ0n) is 14.6. The Kier molecular flexibility index (Phi) is 5.86. The van der Waals surface area contributed by atoms with Gasteiger partial charge in [-0.25, -0.2) is 17.5 Å². The first-order valence-corrected chi connectivity index (χ1v) is 9.42. The Labute approximate surface area is 152 Å². The van der Waals surface area contributed by atoms with E-state index in [1.807, 2.05) is 6.92 Å². The molecule has 2 atom stereocenters. The van der Waals surface area contributed by atoms with Gasteiger partial charge in [-0.1, -0.05) is 17.7 Å². The van der Waals surface area contributed by atoms with Crippen LogP contribution in [-0.4, -0.2) is 50.3 Å². The first kappa shape index (κ1) is 19.7. The molecule has 0 unspecified atom stereocenters. The molecule has 10 heteroatoms. The Balaban J connectivity index is 2.22. The van der Waals surface area contributed by atoms with Crippen molar-refractivity contribution >= 4 is 27.9 Å². The third-order valence-corrected chi connectivity index (χ3v) is 5.95. The van der Waals surface area contributed by atoms with Gasteiger partial charge in [0, 0.05) is 6.54 Å². The number of carbonyl (C=O) groups is 2. The second-order valence-electron chi connectivity index (χ2n) is 5.98. The summed E-state index contributed by atoms with van der Waals surface area (Å²) in [6, 6.07) is 4.86. The Hall–Kier alpha value is -2.62. The summed E-state index contributed by atoms with van der Waals surface area (Å²) in [7, 11) is -2.98. The SMILES string of the molecule is COC(=O)[C@@H]1[C@@H](CCCN=C(N)N)C(=O)N1S(=O)(=O)c1ccc(C)cc1. The fourth-order valence-electron chi connectivity index (χ4n) is 2.79. The number of ether oxygens (including phenoxy) is 1. The summed E-state index contributed by atoms with van der Waals surface area (Å²) >= 11 is 0. The van der Waals surface area contributed by atoms with E-state index in [0.717, 1.165) is 12.7 Å². The highest BCUT2D eigenvalue weighted by molar-refractivity contribution is 7.89. The number of benzene rings is 1. The number of amides is 1. The maximum atomic E-state index is 12.8. The molecule has 0 aliphatic carbocycles. The van der Waals surface area contributed by atoms with Crippen LogP contribution in [-0.2, 0) is 24.3 Å². The summed E-state index contributed by atoms with van der Waals surface area (Å²) in [5.74, 6) is -2.26. The maximum absolute atomic E-state index is 12.8. The number of guanidine groups is 1. The number of hydrogen-bond acceptors (Lipinski definition) is 6. The highest BCUT2D eigenvalue weighted by Crippen LogP contribution is 2.36. The fraction of sp³-hybridized carbons (Fsp3) is 0.438. The Morgan fingerprint density at radius 1 is 1.27 bits per heavy atom. The lowest BCUT2D eigenvalue weighted by atomic mass is 9.86. The van der Waals surface area contributed by atoms with E-state index in [1.54, 1.807) is 12.1 Å². The van der Waals surface area contributed by atoms with Gasteiger partial charge in [0.05, 0.1) is 17.9 Å². The molecule has 1 fully saturated rings. The number of carbonyl (C=O) groups excluding carboxylic acids is 2. The lowest BCUT2D eigenvalue weighted by molar-refractivity contribution is -0.165. The molecule has 0 bridgehead atoms. The predicted molar refractivity (Wildman–Crippen MR) is 94.4 cm³/mol. The highest BCUT2D eigenvalue weighted by Gasteiger charge is 2.57. The number of nitrogens with two attached hydrogens (primary N) is 2. The van der Waals surface area contributed by atoms with Gasteiger partial charge in [0.15, 0.2) is 12.0 Å². The third-order valence-electron chi connectivity index (χ3n) is 4.16. The van der Waals surface area contributed by atoms with Crippen LogP contribution in [0.2, 0.25) is 0 Å². The summed E-state index contributed by atoms with van der Waals surface area (Å²) in [6.07, 6.45) is 0.704. The normalized spacial score (nSPS) is 19.6. The molecule has 2 rings (SSSR count). The molecule has 26 heavy (non-hydrogen) atoms. The minimum atomic E-state index is -4.13. The highest BCUT2D eigenvalue weighted by atomic mass is 32.2. The number of methoxy groups -OCH3 is 1. The van der Waals surface area contributed by atoms with Crippen LogP contribution in [0.5, 0.6) is 0 Å². The van der Waals surface area contributed by atoms with Crippen molar-refractivity contribution in [3.63, 3.8) is 0 Å². The molecular formula is C16H22N4O5S. The van der Waals surface area contributed by atoms with E-state index >= 15 is 0 Å². The molecule has 0 saturated carbocycles. The van der Waals surface area contributed by atoms with Crippen molar-refractivity contribution in [2.45, 2.75) is 30.7 Å². The summed E-state index contributed by atoms with van der Waals surface area (Å²) in [6.45, 7) is 2.10. The van der Waals surface area contributed by atoms with Gasteiger partial charge in [-0.15, -0.1) is 0 Å². The zero-order chi connectivity index (χ0) is 19.5. The monoisotopic (exact) mass is 382 g/mol. The zero-order valence-corrected chi connectivity index (χ0v) is 15.4. The van der Waals surface area contributed by atoms with Crippen molar-refractivity contribution in [1.29, 1.82) is 0 Å². The molecule has 142 valence electrons. The second-order valence-corrected chi connectivity index (χ2v) is 7.79. The number of hydrogen-bond donors (Lipinski definition) is 2. The molecule has 1 heterocycles. The smallest absolute Gasteiger partial charge is 0.330 e. The lowest BCUT2D eigenvalue weighted by Crippen LogP contribution is -2.66. The van der Waals surface area contributed by atoms with Gasteiger partial charge in [0.2, 0.25) is 5.91 Å². The minimum Gasteiger partial charge on any atom is -0.467 e. The first-order chi connectivity index (χ1) is 12.2. The molecule has 9 nitrogen and oxygen atoms in total. The topological polar surface area (TPSA) is 145 Å². The molecular weight excluding hydrogens is 360 g/mol. The van der Waals surface area contributed by atoms with Crippen LogP contribution in [0.3, 0.4) is 0 Å². The van der Waals surface area contributed by atoms with Crippen LogP contribution in [0.1, 0.15) is 18.4 Å². The quantitative estimate of drug-likeness (QED) is 0.217. The van der Waals surface area contributed by atoms with Crippen LogP contribution in [0, 0.1) is 12.8 Å². The van der Waals surface area contributed by atoms with Gasteiger partial charge < -0.3 is 16.2 Å². The van der Waals surface area contributed by atoms with E-state index < -0.39 is 33.9 Å². The summed E-state index contributed by atoms with van der Waals surface area (Å²) < 4.78 is 30.8. The number of β-lactam (4-membered cyclic amide) rings is 1. The molecule has 0 spiro atoms. The first-order valence-electron chi connectivity index (χ1n) is 7.98. The van der Waals surface area contributed by atoms with Gasteiger partial charge in [0.1, 0.15) is 0 Å². The van der Waals surface area contributed by atoms with Crippen LogP contribution < -0.4 is 11.5 Å². The van der Waals surface area contributed by atoms with Crippen LogP contribution in [0.15, 0.2) is 34.2 Å². The fourth-order valence-corrected chi connectivity index (χ4v) is 4.40.